The van der Waals surface area contributed by atoms with Gasteiger partial charge in [-0.15, -0.1) is 0 Å². The molecule has 0 amide bonds. The SMILES string of the molecule is CC(C)Nc1n[nH]c2nc([C@H]3CCCCN3Cc3cnc[nH]3)ccc12. The number of H-pyrrole nitrogens is 2. The first-order chi connectivity index (χ1) is 12.2. The molecule has 1 aliphatic rings. The lowest BCUT2D eigenvalue weighted by Gasteiger charge is -2.35. The topological polar surface area (TPSA) is 85.5 Å². The van der Waals surface area contributed by atoms with Gasteiger partial charge in [-0.2, -0.15) is 5.10 Å². The largest absolute Gasteiger partial charge is 0.366 e. The zero-order valence-electron chi connectivity index (χ0n) is 14.8. The molecule has 4 rings (SSSR count). The molecule has 1 fully saturated rings. The first kappa shape index (κ1) is 16.1. The number of hydrogen-bond donors (Lipinski definition) is 3. The molecule has 1 saturated heterocycles. The quantitative estimate of drug-likeness (QED) is 0.664. The van der Waals surface area contributed by atoms with E-state index in [2.05, 4.69) is 56.4 Å². The first-order valence-electron chi connectivity index (χ1n) is 9.03. The number of fused-ring (bicyclic) bond motifs is 1. The standard InChI is InChI=1S/C18H25N7/c1-12(2)21-17-14-6-7-15(22-18(14)24-23-17)16-5-3-4-8-25(16)10-13-9-19-11-20-13/h6-7,9,11-12,16H,3-5,8,10H2,1-2H3,(H,19,20)(H2,21,22,23,24)/t16-/m1/s1. The van der Waals surface area contributed by atoms with Gasteiger partial charge in [-0.3, -0.25) is 10.00 Å². The third-order valence-electron chi connectivity index (χ3n) is 4.75. The van der Waals surface area contributed by atoms with Crippen molar-refractivity contribution in [2.45, 2.75) is 51.7 Å². The summed E-state index contributed by atoms with van der Waals surface area (Å²) in [5, 5.41) is 11.9. The fraction of sp³-hybridized carbons (Fsp3) is 0.500. The van der Waals surface area contributed by atoms with Gasteiger partial charge in [0.05, 0.1) is 23.4 Å². The van der Waals surface area contributed by atoms with Gasteiger partial charge in [0.15, 0.2) is 11.5 Å². The number of imidazole rings is 1. The molecular formula is C18H25N7. The van der Waals surface area contributed by atoms with Gasteiger partial charge in [0.25, 0.3) is 0 Å². The Morgan fingerprint density at radius 1 is 1.32 bits per heavy atom. The number of piperidine rings is 1. The Hall–Kier alpha value is -2.41. The van der Waals surface area contributed by atoms with Crippen LogP contribution in [0.25, 0.3) is 11.0 Å². The maximum absolute atomic E-state index is 4.88. The summed E-state index contributed by atoms with van der Waals surface area (Å²) in [4.78, 5) is 14.7. The normalized spacial score (nSPS) is 18.9. The molecule has 3 aromatic rings. The number of rotatable bonds is 5. The van der Waals surface area contributed by atoms with Crippen molar-refractivity contribution in [2.75, 3.05) is 11.9 Å². The summed E-state index contributed by atoms with van der Waals surface area (Å²) in [6.07, 6.45) is 7.26. The van der Waals surface area contributed by atoms with Gasteiger partial charge in [-0.05, 0) is 45.4 Å². The summed E-state index contributed by atoms with van der Waals surface area (Å²) >= 11 is 0. The fourth-order valence-corrected chi connectivity index (χ4v) is 3.59. The third-order valence-corrected chi connectivity index (χ3v) is 4.75. The highest BCUT2D eigenvalue weighted by Gasteiger charge is 2.26. The number of likely N-dealkylation sites (tertiary alicyclic amines) is 1. The van der Waals surface area contributed by atoms with E-state index in [1.165, 1.54) is 12.8 Å². The summed E-state index contributed by atoms with van der Waals surface area (Å²) in [5.41, 5.74) is 3.12. The van der Waals surface area contributed by atoms with Gasteiger partial charge in [0, 0.05) is 24.5 Å². The van der Waals surface area contributed by atoms with Gasteiger partial charge in [-0.1, -0.05) is 6.42 Å². The lowest BCUT2D eigenvalue weighted by atomic mass is 9.98. The molecule has 0 radical (unpaired) electrons. The molecule has 1 atom stereocenters. The van der Waals surface area contributed by atoms with Gasteiger partial charge >= 0.3 is 0 Å². The zero-order chi connectivity index (χ0) is 17.2. The highest BCUT2D eigenvalue weighted by molar-refractivity contribution is 5.87. The molecule has 0 unspecified atom stereocenters. The van der Waals surface area contributed by atoms with E-state index in [1.807, 2.05) is 6.20 Å². The third kappa shape index (κ3) is 3.37. The Morgan fingerprint density at radius 2 is 2.24 bits per heavy atom. The van der Waals surface area contributed by atoms with Crippen LogP contribution in [-0.2, 0) is 6.54 Å². The van der Waals surface area contributed by atoms with Gasteiger partial charge in [0.2, 0.25) is 0 Å². The van der Waals surface area contributed by atoms with Crippen LogP contribution in [0, 0.1) is 0 Å². The van der Waals surface area contributed by atoms with Crippen molar-refractivity contribution in [3.8, 4) is 0 Å². The molecule has 1 aliphatic heterocycles. The number of aromatic amines is 2. The molecule has 7 heteroatoms. The molecule has 132 valence electrons. The molecule has 3 aromatic heterocycles. The Kier molecular flexibility index (Phi) is 4.40. The fourth-order valence-electron chi connectivity index (χ4n) is 3.59. The summed E-state index contributed by atoms with van der Waals surface area (Å²) < 4.78 is 0. The van der Waals surface area contributed by atoms with Crippen LogP contribution in [0.5, 0.6) is 0 Å². The van der Waals surface area contributed by atoms with Crippen molar-refractivity contribution in [1.29, 1.82) is 0 Å². The molecule has 3 N–H and O–H groups in total. The van der Waals surface area contributed by atoms with E-state index in [9.17, 15) is 0 Å². The average Bonchev–Trinajstić information content (AvgIpc) is 3.25. The van der Waals surface area contributed by atoms with Crippen LogP contribution in [0.2, 0.25) is 0 Å². The van der Waals surface area contributed by atoms with Crippen LogP contribution < -0.4 is 5.32 Å². The van der Waals surface area contributed by atoms with Crippen LogP contribution in [0.4, 0.5) is 5.82 Å². The van der Waals surface area contributed by atoms with Gasteiger partial charge in [-0.25, -0.2) is 9.97 Å². The predicted molar refractivity (Wildman–Crippen MR) is 98.2 cm³/mol. The average molecular weight is 339 g/mol. The molecule has 0 spiro atoms. The minimum atomic E-state index is 0.339. The maximum Gasteiger partial charge on any atom is 0.157 e. The predicted octanol–water partition coefficient (Wildman–Crippen LogP) is 3.23. The highest BCUT2D eigenvalue weighted by atomic mass is 15.2. The summed E-state index contributed by atoms with van der Waals surface area (Å²) in [6, 6.07) is 4.97. The van der Waals surface area contributed by atoms with Crippen molar-refractivity contribution in [2.24, 2.45) is 0 Å². The molecule has 0 bridgehead atoms. The van der Waals surface area contributed by atoms with Crippen LogP contribution >= 0.6 is 0 Å². The van der Waals surface area contributed by atoms with Crippen LogP contribution in [0.3, 0.4) is 0 Å². The molecule has 7 nitrogen and oxygen atoms in total. The minimum absolute atomic E-state index is 0.339. The van der Waals surface area contributed by atoms with Gasteiger partial charge in [0.1, 0.15) is 0 Å². The second-order valence-corrected chi connectivity index (χ2v) is 7.06. The minimum Gasteiger partial charge on any atom is -0.366 e. The van der Waals surface area contributed by atoms with Crippen molar-refractivity contribution in [3.05, 3.63) is 36.0 Å². The summed E-state index contributed by atoms with van der Waals surface area (Å²) in [6.45, 7) is 6.19. The monoisotopic (exact) mass is 339 g/mol. The highest BCUT2D eigenvalue weighted by Crippen LogP contribution is 2.32. The second kappa shape index (κ2) is 6.84. The lowest BCUT2D eigenvalue weighted by molar-refractivity contribution is 0.136. The van der Waals surface area contributed by atoms with E-state index < -0.39 is 0 Å². The van der Waals surface area contributed by atoms with E-state index >= 15 is 0 Å². The molecule has 0 aromatic carbocycles. The van der Waals surface area contributed by atoms with Gasteiger partial charge < -0.3 is 10.3 Å². The second-order valence-electron chi connectivity index (χ2n) is 7.06. The molecule has 25 heavy (non-hydrogen) atoms. The Labute approximate surface area is 147 Å². The van der Waals surface area contributed by atoms with Crippen molar-refractivity contribution in [1.82, 2.24) is 30.0 Å². The van der Waals surface area contributed by atoms with Crippen LogP contribution in [0.1, 0.15) is 50.5 Å². The number of nitrogens with zero attached hydrogens (tertiary/aromatic N) is 4. The van der Waals surface area contributed by atoms with E-state index in [0.717, 1.165) is 47.7 Å². The zero-order valence-corrected chi connectivity index (χ0v) is 14.8. The van der Waals surface area contributed by atoms with E-state index in [-0.39, 0.29) is 0 Å². The molecule has 0 aliphatic carbocycles. The first-order valence-corrected chi connectivity index (χ1v) is 9.03. The maximum atomic E-state index is 4.88. The summed E-state index contributed by atoms with van der Waals surface area (Å²) in [7, 11) is 0. The number of nitrogens with one attached hydrogen (secondary N) is 3. The summed E-state index contributed by atoms with van der Waals surface area (Å²) in [5.74, 6) is 0.877. The Morgan fingerprint density at radius 3 is 3.04 bits per heavy atom. The van der Waals surface area contributed by atoms with Crippen molar-refractivity contribution >= 4 is 16.9 Å². The number of pyridine rings is 1. The molecule has 0 saturated carbocycles. The van der Waals surface area contributed by atoms with E-state index in [4.69, 9.17) is 4.98 Å². The van der Waals surface area contributed by atoms with Crippen molar-refractivity contribution < 1.29 is 0 Å². The van der Waals surface area contributed by atoms with E-state index in [0.29, 0.717) is 12.1 Å². The molecule has 4 heterocycles. The lowest BCUT2D eigenvalue weighted by Crippen LogP contribution is -2.33. The van der Waals surface area contributed by atoms with Crippen LogP contribution in [0.15, 0.2) is 24.7 Å². The molecular weight excluding hydrogens is 314 g/mol. The Balaban J connectivity index is 1.60. The Bertz CT molecular complexity index is 821. The smallest absolute Gasteiger partial charge is 0.157 e. The number of hydrogen-bond acceptors (Lipinski definition) is 5. The van der Waals surface area contributed by atoms with Crippen LogP contribution in [-0.4, -0.2) is 42.6 Å². The number of aromatic nitrogens is 5. The van der Waals surface area contributed by atoms with E-state index in [1.54, 1.807) is 6.33 Å². The van der Waals surface area contributed by atoms with Crippen molar-refractivity contribution in [3.63, 3.8) is 0 Å². The number of anilines is 1.